The van der Waals surface area contributed by atoms with Gasteiger partial charge in [-0.25, -0.2) is 0 Å². The molecule has 3 aromatic carbocycles. The van der Waals surface area contributed by atoms with Crippen molar-refractivity contribution in [3.05, 3.63) is 94.1 Å². The van der Waals surface area contributed by atoms with Crippen LogP contribution >= 0.6 is 0 Å². The molecule has 35 heavy (non-hydrogen) atoms. The lowest BCUT2D eigenvalue weighted by atomic mass is 10.0. The zero-order chi connectivity index (χ0) is 27.1. The van der Waals surface area contributed by atoms with Crippen molar-refractivity contribution in [3.63, 3.8) is 0 Å². The van der Waals surface area contributed by atoms with Crippen LogP contribution in [0.2, 0.25) is 0 Å². The summed E-state index contributed by atoms with van der Waals surface area (Å²) in [6.07, 6.45) is 8.46. The van der Waals surface area contributed by atoms with Gasteiger partial charge in [-0.05, 0) is 59.9 Å². The van der Waals surface area contributed by atoms with E-state index >= 15 is 0 Å². The second-order valence-corrected chi connectivity index (χ2v) is 6.98. The molecule has 3 heteroatoms. The van der Waals surface area contributed by atoms with Crippen LogP contribution in [0.5, 0.6) is 0 Å². The van der Waals surface area contributed by atoms with Crippen LogP contribution in [0.4, 0.5) is 0 Å². The maximum Gasteiger partial charge on any atom is 0.0884 e. The van der Waals surface area contributed by atoms with Crippen LogP contribution in [0.3, 0.4) is 0 Å². The van der Waals surface area contributed by atoms with E-state index < -0.39 is 0 Å². The monoisotopic (exact) mass is 479 g/mol. The van der Waals surface area contributed by atoms with Crippen LogP contribution in [0.15, 0.2) is 72.5 Å². The first-order valence-corrected chi connectivity index (χ1v) is 12.7. The molecule has 0 saturated carbocycles. The van der Waals surface area contributed by atoms with Crippen molar-refractivity contribution >= 4 is 23.0 Å². The molecule has 0 aliphatic heterocycles. The Kier molecular flexibility index (Phi) is 22.2. The molecule has 0 amide bonds. The molecule has 0 atom stereocenters. The van der Waals surface area contributed by atoms with Gasteiger partial charge in [-0.1, -0.05) is 101 Å². The van der Waals surface area contributed by atoms with Gasteiger partial charge in [-0.3, -0.25) is 0 Å². The van der Waals surface area contributed by atoms with E-state index in [2.05, 4.69) is 92.1 Å². The molecule has 0 aromatic heterocycles. The van der Waals surface area contributed by atoms with Gasteiger partial charge in [0.15, 0.2) is 0 Å². The molecule has 0 bridgehead atoms. The molecule has 0 heterocycles. The van der Waals surface area contributed by atoms with Crippen molar-refractivity contribution in [1.29, 1.82) is 0 Å². The van der Waals surface area contributed by atoms with Crippen molar-refractivity contribution in [2.45, 2.75) is 61.3 Å². The molecule has 0 radical (unpaired) electrons. The van der Waals surface area contributed by atoms with Gasteiger partial charge in [0.1, 0.15) is 0 Å². The van der Waals surface area contributed by atoms with Crippen molar-refractivity contribution in [2.24, 2.45) is 0 Å². The first kappa shape index (κ1) is 34.1. The largest absolute Gasteiger partial charge is 0.502 e. The third kappa shape index (κ3) is 12.8. The van der Waals surface area contributed by atoms with Gasteiger partial charge in [0.05, 0.1) is 12.9 Å². The maximum absolute atomic E-state index is 7.00. The Bertz CT molecular complexity index is 1070. The average Bonchev–Trinajstić information content (AvgIpc) is 2.93. The Morgan fingerprint density at radius 3 is 2.06 bits per heavy atom. The number of aryl methyl sites for hydroxylation is 1. The fourth-order valence-corrected chi connectivity index (χ4v) is 3.23. The number of nitrogens with one attached hydrogen (secondary N) is 1. The predicted molar refractivity (Wildman–Crippen MR) is 158 cm³/mol. The van der Waals surface area contributed by atoms with Crippen molar-refractivity contribution in [3.8, 4) is 0 Å². The molecular formula is C32H49NO2. The van der Waals surface area contributed by atoms with Gasteiger partial charge in [-0.15, -0.1) is 0 Å². The summed E-state index contributed by atoms with van der Waals surface area (Å²) in [6.45, 7) is 14.2. The predicted octanol–water partition coefficient (Wildman–Crippen LogP) is 6.74. The molecule has 0 unspecified atom stereocenters. The van der Waals surface area contributed by atoms with E-state index in [-0.39, 0.29) is 0 Å². The van der Waals surface area contributed by atoms with E-state index in [1.54, 1.807) is 7.11 Å². The van der Waals surface area contributed by atoms with Gasteiger partial charge in [-0.2, -0.15) is 0 Å². The first-order chi connectivity index (χ1) is 17.1. The second-order valence-electron chi connectivity index (χ2n) is 6.98. The molecule has 2 N–H and O–H groups in total. The topological polar surface area (TPSA) is 41.5 Å². The Hall–Kier alpha value is -3.04. The third-order valence-corrected chi connectivity index (χ3v) is 4.91. The van der Waals surface area contributed by atoms with E-state index in [9.17, 15) is 0 Å². The number of hydrogen-bond donors (Lipinski definition) is 2. The van der Waals surface area contributed by atoms with Gasteiger partial charge >= 0.3 is 0 Å². The average molecular weight is 480 g/mol. The minimum Gasteiger partial charge on any atom is -0.502 e. The van der Waals surface area contributed by atoms with Crippen LogP contribution in [-0.4, -0.2) is 26.4 Å². The van der Waals surface area contributed by atoms with Crippen molar-refractivity contribution in [2.75, 3.05) is 21.3 Å². The molecule has 0 spiro atoms. The zero-order valence-corrected chi connectivity index (χ0v) is 23.8. The van der Waals surface area contributed by atoms with Crippen LogP contribution in [-0.2, 0) is 11.2 Å². The summed E-state index contributed by atoms with van der Waals surface area (Å²) in [5.74, 6) is 1.00. The summed E-state index contributed by atoms with van der Waals surface area (Å²) in [7, 11) is 4.63. The second kappa shape index (κ2) is 22.7. The summed E-state index contributed by atoms with van der Waals surface area (Å²) >= 11 is 0. The van der Waals surface area contributed by atoms with Gasteiger partial charge in [0, 0.05) is 25.6 Å². The minimum atomic E-state index is 0.954. The van der Waals surface area contributed by atoms with Crippen molar-refractivity contribution in [1.82, 2.24) is 5.32 Å². The number of hydrogen-bond acceptors (Lipinski definition) is 3. The van der Waals surface area contributed by atoms with Gasteiger partial charge in [0.25, 0.3) is 0 Å². The molecule has 0 fully saturated rings. The third-order valence-electron chi connectivity index (χ3n) is 4.91. The first-order valence-electron chi connectivity index (χ1n) is 12.7. The summed E-state index contributed by atoms with van der Waals surface area (Å²) in [6, 6.07) is 21.5. The number of aliphatic hydroxyl groups excluding tert-OH is 1. The Morgan fingerprint density at radius 2 is 1.51 bits per heavy atom. The maximum atomic E-state index is 7.00. The van der Waals surface area contributed by atoms with Crippen molar-refractivity contribution < 1.29 is 9.84 Å². The number of ether oxygens (including phenoxy) is 1. The van der Waals surface area contributed by atoms with E-state index in [4.69, 9.17) is 9.84 Å². The lowest BCUT2D eigenvalue weighted by Gasteiger charge is -2.03. The number of rotatable bonds is 5. The SMILES string of the molecule is CC.CC.CC/C=C(/C)OC.CN/C=c1\c(=C/Cc2ccccc2C)ccc2ccccc12.CO. The molecule has 0 aliphatic rings. The van der Waals surface area contributed by atoms with Gasteiger partial charge in [0.2, 0.25) is 0 Å². The van der Waals surface area contributed by atoms with Crippen LogP contribution in [0.1, 0.15) is 59.1 Å². The summed E-state index contributed by atoms with van der Waals surface area (Å²) < 4.78 is 4.85. The molecule has 0 saturated heterocycles. The molecule has 3 aromatic rings. The van der Waals surface area contributed by atoms with E-state index in [0.717, 1.165) is 25.7 Å². The smallest absolute Gasteiger partial charge is 0.0884 e. The van der Waals surface area contributed by atoms with E-state index in [0.29, 0.717) is 0 Å². The Balaban J connectivity index is 0. The van der Waals surface area contributed by atoms with Crippen LogP contribution in [0, 0.1) is 6.92 Å². The van der Waals surface area contributed by atoms with E-state index in [1.807, 2.05) is 47.7 Å². The minimum absolute atomic E-state index is 0.954. The lowest BCUT2D eigenvalue weighted by Crippen LogP contribution is -2.27. The quantitative estimate of drug-likeness (QED) is 0.398. The number of aliphatic hydroxyl groups is 1. The van der Waals surface area contributed by atoms with E-state index in [1.165, 1.54) is 32.3 Å². The fourth-order valence-electron chi connectivity index (χ4n) is 3.23. The standard InChI is InChI=1S/C21H21N.C6H12O.2C2H6.CH4O/c1-16-7-3-4-8-17(16)11-12-19-14-13-18-9-5-6-10-20(18)21(19)15-22-2;1-4-5-6(2)7-3;3*1-2/h3-10,12-15,22H,11H2,1-2H3;5H,4H2,1-3H3;2*1-2H3;2H,1H3/b19-12-,21-15+;6-5-;;;. The number of fused-ring (bicyclic) bond motifs is 1. The number of allylic oxidation sites excluding steroid dienone is 2. The van der Waals surface area contributed by atoms with Crippen LogP contribution in [0.25, 0.3) is 23.0 Å². The number of methoxy groups -OCH3 is 1. The highest BCUT2D eigenvalue weighted by molar-refractivity contribution is 5.83. The molecule has 3 rings (SSSR count). The van der Waals surface area contributed by atoms with Crippen LogP contribution < -0.4 is 15.8 Å². The lowest BCUT2D eigenvalue weighted by molar-refractivity contribution is 0.292. The molecule has 3 nitrogen and oxygen atoms in total. The molecule has 0 aliphatic carbocycles. The number of benzene rings is 3. The summed E-state index contributed by atoms with van der Waals surface area (Å²) in [4.78, 5) is 0. The fraction of sp³-hybridized carbons (Fsp3) is 0.375. The highest BCUT2D eigenvalue weighted by Crippen LogP contribution is 2.09. The normalized spacial score (nSPS) is 10.9. The summed E-state index contributed by atoms with van der Waals surface area (Å²) in [5.41, 5.74) is 2.73. The highest BCUT2D eigenvalue weighted by atomic mass is 16.5. The Morgan fingerprint density at radius 1 is 0.914 bits per heavy atom. The molecule has 194 valence electrons. The Labute approximate surface area is 214 Å². The summed E-state index contributed by atoms with van der Waals surface area (Å²) in [5, 5.41) is 15.3. The zero-order valence-electron chi connectivity index (χ0n) is 23.8. The van der Waals surface area contributed by atoms with Gasteiger partial charge < -0.3 is 15.2 Å². The molecular weight excluding hydrogens is 430 g/mol. The highest BCUT2D eigenvalue weighted by Gasteiger charge is 1.97.